The number of halogens is 2. The van der Waals surface area contributed by atoms with E-state index in [-0.39, 0.29) is 17.1 Å². The predicted octanol–water partition coefficient (Wildman–Crippen LogP) is 1.86. The second-order valence-corrected chi connectivity index (χ2v) is 4.65. The summed E-state index contributed by atoms with van der Waals surface area (Å²) >= 11 is 5.73. The Balaban J connectivity index is 1.98. The smallest absolute Gasteiger partial charge is 0.141 e. The molecule has 1 aromatic carbocycles. The molecule has 94 valence electrons. The SMILES string of the molecule is NC(CC1COCCN1)c1ccc(F)c(Cl)c1. The van der Waals surface area contributed by atoms with Gasteiger partial charge in [0.1, 0.15) is 5.82 Å². The van der Waals surface area contributed by atoms with Crippen molar-refractivity contribution in [3.63, 3.8) is 0 Å². The van der Waals surface area contributed by atoms with Gasteiger partial charge < -0.3 is 15.8 Å². The van der Waals surface area contributed by atoms with Gasteiger partial charge >= 0.3 is 0 Å². The van der Waals surface area contributed by atoms with Gasteiger partial charge in [-0.3, -0.25) is 0 Å². The van der Waals surface area contributed by atoms with Gasteiger partial charge in [-0.1, -0.05) is 17.7 Å². The first kappa shape index (κ1) is 12.8. The summed E-state index contributed by atoms with van der Waals surface area (Å²) in [5, 5.41) is 3.45. The summed E-state index contributed by atoms with van der Waals surface area (Å²) in [4.78, 5) is 0. The summed E-state index contributed by atoms with van der Waals surface area (Å²) in [5.74, 6) is -0.415. The van der Waals surface area contributed by atoms with E-state index in [0.717, 1.165) is 25.1 Å². The van der Waals surface area contributed by atoms with E-state index in [9.17, 15) is 4.39 Å². The van der Waals surface area contributed by atoms with Crippen LogP contribution in [0.1, 0.15) is 18.0 Å². The van der Waals surface area contributed by atoms with Crippen LogP contribution in [0.25, 0.3) is 0 Å². The van der Waals surface area contributed by atoms with Crippen molar-refractivity contribution in [2.45, 2.75) is 18.5 Å². The van der Waals surface area contributed by atoms with Crippen molar-refractivity contribution < 1.29 is 9.13 Å². The van der Waals surface area contributed by atoms with E-state index in [1.54, 1.807) is 12.1 Å². The van der Waals surface area contributed by atoms with Crippen LogP contribution in [0.5, 0.6) is 0 Å². The Hall–Kier alpha value is -0.680. The highest BCUT2D eigenvalue weighted by molar-refractivity contribution is 6.30. The molecule has 0 spiro atoms. The minimum absolute atomic E-state index is 0.116. The highest BCUT2D eigenvalue weighted by Gasteiger charge is 2.18. The number of morpholine rings is 1. The van der Waals surface area contributed by atoms with E-state index in [0.29, 0.717) is 6.61 Å². The van der Waals surface area contributed by atoms with Crippen LogP contribution < -0.4 is 11.1 Å². The van der Waals surface area contributed by atoms with Gasteiger partial charge in [-0.05, 0) is 24.1 Å². The number of benzene rings is 1. The van der Waals surface area contributed by atoms with Gasteiger partial charge in [0, 0.05) is 18.6 Å². The van der Waals surface area contributed by atoms with Gasteiger partial charge in [-0.2, -0.15) is 0 Å². The highest BCUT2D eigenvalue weighted by atomic mass is 35.5. The standard InChI is InChI=1S/C12H16ClFN2O/c13-10-5-8(1-2-11(10)14)12(15)6-9-7-17-4-3-16-9/h1-2,5,9,12,16H,3-4,6-7,15H2. The molecule has 0 saturated carbocycles. The van der Waals surface area contributed by atoms with Crippen LogP contribution in [0.3, 0.4) is 0 Å². The predicted molar refractivity (Wildman–Crippen MR) is 65.6 cm³/mol. The molecule has 0 radical (unpaired) electrons. The summed E-state index contributed by atoms with van der Waals surface area (Å²) in [5.41, 5.74) is 6.92. The Morgan fingerprint density at radius 2 is 2.41 bits per heavy atom. The maximum Gasteiger partial charge on any atom is 0.141 e. The van der Waals surface area contributed by atoms with Gasteiger partial charge in [0.25, 0.3) is 0 Å². The molecule has 2 atom stereocenters. The number of nitrogens with two attached hydrogens (primary N) is 1. The Morgan fingerprint density at radius 3 is 3.06 bits per heavy atom. The lowest BCUT2D eigenvalue weighted by Gasteiger charge is -2.26. The Kier molecular flexibility index (Phi) is 4.34. The molecule has 1 aliphatic rings. The van der Waals surface area contributed by atoms with E-state index in [1.165, 1.54) is 6.07 Å². The second kappa shape index (κ2) is 5.78. The maximum absolute atomic E-state index is 13.0. The molecule has 1 fully saturated rings. The van der Waals surface area contributed by atoms with Crippen molar-refractivity contribution in [1.82, 2.24) is 5.32 Å². The zero-order valence-corrected chi connectivity index (χ0v) is 10.2. The largest absolute Gasteiger partial charge is 0.379 e. The molecule has 0 aromatic heterocycles. The lowest BCUT2D eigenvalue weighted by atomic mass is 10.00. The van der Waals surface area contributed by atoms with Crippen LogP contribution in [-0.4, -0.2) is 25.8 Å². The summed E-state index contributed by atoms with van der Waals surface area (Å²) in [6.07, 6.45) is 0.752. The minimum Gasteiger partial charge on any atom is -0.379 e. The number of hydrogen-bond acceptors (Lipinski definition) is 3. The van der Waals surface area contributed by atoms with E-state index in [2.05, 4.69) is 5.32 Å². The van der Waals surface area contributed by atoms with Crippen LogP contribution in [0.4, 0.5) is 4.39 Å². The first-order chi connectivity index (χ1) is 8.16. The van der Waals surface area contributed by atoms with E-state index < -0.39 is 5.82 Å². The topological polar surface area (TPSA) is 47.3 Å². The summed E-state index contributed by atoms with van der Waals surface area (Å²) < 4.78 is 18.4. The van der Waals surface area contributed by atoms with Crippen molar-refractivity contribution in [2.24, 2.45) is 5.73 Å². The van der Waals surface area contributed by atoms with Gasteiger partial charge in [0.15, 0.2) is 0 Å². The Labute approximate surface area is 105 Å². The zero-order valence-electron chi connectivity index (χ0n) is 9.46. The summed E-state index contributed by atoms with van der Waals surface area (Å²) in [6.45, 7) is 2.26. The molecule has 17 heavy (non-hydrogen) atoms. The van der Waals surface area contributed by atoms with Gasteiger partial charge in [0.2, 0.25) is 0 Å². The summed E-state index contributed by atoms with van der Waals surface area (Å²) in [6, 6.07) is 4.71. The van der Waals surface area contributed by atoms with Crippen molar-refractivity contribution in [3.8, 4) is 0 Å². The fraction of sp³-hybridized carbons (Fsp3) is 0.500. The fourth-order valence-corrected chi connectivity index (χ4v) is 2.15. The first-order valence-corrected chi connectivity index (χ1v) is 6.06. The monoisotopic (exact) mass is 258 g/mol. The van der Waals surface area contributed by atoms with Crippen molar-refractivity contribution in [2.75, 3.05) is 19.8 Å². The van der Waals surface area contributed by atoms with Crippen LogP contribution >= 0.6 is 11.6 Å². The molecule has 0 bridgehead atoms. The summed E-state index contributed by atoms with van der Waals surface area (Å²) in [7, 11) is 0. The number of ether oxygens (including phenoxy) is 1. The lowest BCUT2D eigenvalue weighted by molar-refractivity contribution is 0.0720. The highest BCUT2D eigenvalue weighted by Crippen LogP contribution is 2.22. The molecule has 0 amide bonds. The molecule has 2 rings (SSSR count). The molecular weight excluding hydrogens is 243 g/mol. The maximum atomic E-state index is 13.0. The van der Waals surface area contributed by atoms with Crippen LogP contribution in [0.2, 0.25) is 5.02 Å². The molecular formula is C12H16ClFN2O. The second-order valence-electron chi connectivity index (χ2n) is 4.24. The van der Waals surface area contributed by atoms with Crippen LogP contribution in [0.15, 0.2) is 18.2 Å². The fourth-order valence-electron chi connectivity index (χ4n) is 1.96. The Bertz CT molecular complexity index is 383. The Morgan fingerprint density at radius 1 is 1.59 bits per heavy atom. The third-order valence-corrected chi connectivity index (χ3v) is 3.20. The lowest BCUT2D eigenvalue weighted by Crippen LogP contribution is -2.42. The number of hydrogen-bond donors (Lipinski definition) is 2. The van der Waals surface area contributed by atoms with Crippen LogP contribution in [-0.2, 0) is 4.74 Å². The third kappa shape index (κ3) is 3.39. The van der Waals surface area contributed by atoms with Crippen molar-refractivity contribution in [1.29, 1.82) is 0 Å². The van der Waals surface area contributed by atoms with Crippen molar-refractivity contribution in [3.05, 3.63) is 34.6 Å². The first-order valence-electron chi connectivity index (χ1n) is 5.68. The minimum atomic E-state index is -0.415. The molecule has 3 N–H and O–H groups in total. The number of nitrogens with one attached hydrogen (secondary N) is 1. The third-order valence-electron chi connectivity index (χ3n) is 2.91. The molecule has 1 aromatic rings. The molecule has 2 unspecified atom stereocenters. The molecule has 3 nitrogen and oxygen atoms in total. The van der Waals surface area contributed by atoms with E-state index in [1.807, 2.05) is 0 Å². The number of rotatable bonds is 3. The van der Waals surface area contributed by atoms with Crippen LogP contribution in [0, 0.1) is 5.82 Å². The van der Waals surface area contributed by atoms with Gasteiger partial charge in [-0.15, -0.1) is 0 Å². The average molecular weight is 259 g/mol. The van der Waals surface area contributed by atoms with E-state index >= 15 is 0 Å². The quantitative estimate of drug-likeness (QED) is 0.870. The molecule has 0 aliphatic carbocycles. The average Bonchev–Trinajstić information content (AvgIpc) is 2.34. The van der Waals surface area contributed by atoms with Crippen molar-refractivity contribution >= 4 is 11.6 Å². The zero-order chi connectivity index (χ0) is 12.3. The van der Waals surface area contributed by atoms with E-state index in [4.69, 9.17) is 22.1 Å². The molecule has 1 saturated heterocycles. The van der Waals surface area contributed by atoms with Gasteiger partial charge in [0.05, 0.1) is 18.2 Å². The molecule has 1 heterocycles. The normalized spacial score (nSPS) is 22.4. The van der Waals surface area contributed by atoms with Gasteiger partial charge in [-0.25, -0.2) is 4.39 Å². The molecule has 1 aliphatic heterocycles. The molecule has 5 heteroatoms.